The summed E-state index contributed by atoms with van der Waals surface area (Å²) < 4.78 is 20.7. The molecule has 1 aliphatic rings. The van der Waals surface area contributed by atoms with Gasteiger partial charge in [0.2, 0.25) is 0 Å². The van der Waals surface area contributed by atoms with Gasteiger partial charge in [-0.2, -0.15) is 9.51 Å². The predicted molar refractivity (Wildman–Crippen MR) is 102 cm³/mol. The zero-order chi connectivity index (χ0) is 18.1. The van der Waals surface area contributed by atoms with Gasteiger partial charge in [-0.3, -0.25) is 5.10 Å². The Bertz CT molecular complexity index is 908. The fourth-order valence-electron chi connectivity index (χ4n) is 2.84. The van der Waals surface area contributed by atoms with E-state index in [0.29, 0.717) is 6.42 Å². The number of fused-ring (bicyclic) bond motifs is 1. The van der Waals surface area contributed by atoms with E-state index in [1.807, 2.05) is 29.7 Å². The molecule has 5 nitrogen and oxygen atoms in total. The van der Waals surface area contributed by atoms with Crippen molar-refractivity contribution in [1.82, 2.24) is 20.0 Å². The lowest BCUT2D eigenvalue weighted by atomic mass is 10.1. The van der Waals surface area contributed by atoms with Crippen LogP contribution in [0.3, 0.4) is 0 Å². The van der Waals surface area contributed by atoms with Crippen LogP contribution in [0.4, 0.5) is 4.39 Å². The quantitative estimate of drug-likeness (QED) is 0.369. The van der Waals surface area contributed by atoms with Gasteiger partial charge < -0.3 is 4.18 Å². The van der Waals surface area contributed by atoms with Crippen LogP contribution >= 0.6 is 12.2 Å². The summed E-state index contributed by atoms with van der Waals surface area (Å²) in [6.07, 6.45) is 3.05. The molecular weight excluding hydrogens is 351 g/mol. The first-order valence-corrected chi connectivity index (χ1v) is 9.28. The number of hydrazine groups is 1. The topological polar surface area (TPSA) is 53.2 Å². The van der Waals surface area contributed by atoms with Gasteiger partial charge in [-0.15, -0.1) is 0 Å². The van der Waals surface area contributed by atoms with Gasteiger partial charge in [-0.05, 0) is 49.6 Å². The number of rotatable bonds is 7. The monoisotopic (exact) mass is 372 g/mol. The number of nitrogens with one attached hydrogen (secondary N) is 2. The van der Waals surface area contributed by atoms with E-state index in [9.17, 15) is 4.39 Å². The highest BCUT2D eigenvalue weighted by Gasteiger charge is 2.38. The molecule has 1 fully saturated rings. The molecule has 1 saturated carbocycles. The molecule has 2 aromatic carbocycles. The number of halogens is 1. The summed E-state index contributed by atoms with van der Waals surface area (Å²) in [7, 11) is 1.95. The molecule has 0 bridgehead atoms. The molecule has 1 aliphatic carbocycles. The number of H-pyrrole nitrogens is 1. The summed E-state index contributed by atoms with van der Waals surface area (Å²) in [5, 5.41) is 8.50. The fourth-order valence-corrected chi connectivity index (χ4v) is 3.40. The van der Waals surface area contributed by atoms with Crippen LogP contribution in [-0.4, -0.2) is 27.2 Å². The average molecular weight is 372 g/mol. The van der Waals surface area contributed by atoms with Gasteiger partial charge in [-0.25, -0.2) is 9.82 Å². The molecule has 26 heavy (non-hydrogen) atoms. The predicted octanol–water partition coefficient (Wildman–Crippen LogP) is 4.22. The molecular formula is C19H21FN4OS. The van der Waals surface area contributed by atoms with Gasteiger partial charge in [0.05, 0.1) is 5.52 Å². The van der Waals surface area contributed by atoms with E-state index in [0.717, 1.165) is 27.9 Å². The van der Waals surface area contributed by atoms with Gasteiger partial charge in [0.15, 0.2) is 12.2 Å². The first-order valence-electron chi connectivity index (χ1n) is 8.58. The Morgan fingerprint density at radius 2 is 2.04 bits per heavy atom. The van der Waals surface area contributed by atoms with Gasteiger partial charge in [0.1, 0.15) is 11.6 Å². The second-order valence-corrected chi connectivity index (χ2v) is 7.88. The van der Waals surface area contributed by atoms with Crippen molar-refractivity contribution >= 4 is 23.1 Å². The molecule has 1 heterocycles. The Hall–Kier alpha value is -2.09. The first-order chi connectivity index (χ1) is 12.5. The van der Waals surface area contributed by atoms with Crippen LogP contribution in [0.15, 0.2) is 42.5 Å². The summed E-state index contributed by atoms with van der Waals surface area (Å²) >= 11 is 1.26. The van der Waals surface area contributed by atoms with Crippen molar-refractivity contribution < 1.29 is 8.57 Å². The van der Waals surface area contributed by atoms with Crippen molar-refractivity contribution in [1.29, 1.82) is 0 Å². The van der Waals surface area contributed by atoms with Crippen molar-refractivity contribution in [3.63, 3.8) is 0 Å². The number of aromatic nitrogens is 2. The summed E-state index contributed by atoms with van der Waals surface area (Å²) in [6.45, 7) is 2.20. The minimum absolute atomic E-state index is 0.215. The Morgan fingerprint density at radius 3 is 2.77 bits per heavy atom. The van der Waals surface area contributed by atoms with Crippen molar-refractivity contribution in [2.45, 2.75) is 31.7 Å². The number of hydrogen-bond donors (Lipinski definition) is 2. The second-order valence-electron chi connectivity index (χ2n) is 7.01. The summed E-state index contributed by atoms with van der Waals surface area (Å²) in [5.74, 6) is 0.523. The van der Waals surface area contributed by atoms with E-state index in [-0.39, 0.29) is 11.4 Å². The third kappa shape index (κ3) is 4.00. The van der Waals surface area contributed by atoms with Crippen LogP contribution in [-0.2, 0) is 6.42 Å². The number of aromatic amines is 1. The maximum absolute atomic E-state index is 13.0. The minimum Gasteiger partial charge on any atom is -0.409 e. The Labute approximate surface area is 156 Å². The summed E-state index contributed by atoms with van der Waals surface area (Å²) in [5.41, 5.74) is 6.50. The fraction of sp³-hybridized carbons (Fsp3) is 0.316. The highest BCUT2D eigenvalue weighted by atomic mass is 32.2. The Kier molecular flexibility index (Phi) is 4.60. The molecule has 0 spiro atoms. The van der Waals surface area contributed by atoms with E-state index in [1.54, 1.807) is 12.1 Å². The third-order valence-corrected chi connectivity index (χ3v) is 5.15. The number of benzene rings is 2. The molecule has 0 radical (unpaired) electrons. The number of hydrogen-bond acceptors (Lipinski definition) is 5. The van der Waals surface area contributed by atoms with Crippen LogP contribution in [0.25, 0.3) is 10.9 Å². The van der Waals surface area contributed by atoms with Gasteiger partial charge in [-0.1, -0.05) is 12.1 Å². The normalized spacial score (nSPS) is 15.5. The first kappa shape index (κ1) is 17.3. The van der Waals surface area contributed by atoms with Crippen LogP contribution in [0.5, 0.6) is 5.75 Å². The van der Waals surface area contributed by atoms with Gasteiger partial charge in [0.25, 0.3) is 0 Å². The Balaban J connectivity index is 1.42. The molecule has 4 rings (SSSR count). The van der Waals surface area contributed by atoms with E-state index in [2.05, 4.69) is 22.5 Å². The molecule has 0 unspecified atom stereocenters. The molecule has 7 heteroatoms. The second kappa shape index (κ2) is 6.90. The summed E-state index contributed by atoms with van der Waals surface area (Å²) in [6, 6.07) is 12.4. The molecule has 0 atom stereocenters. The van der Waals surface area contributed by atoms with E-state index in [4.69, 9.17) is 4.18 Å². The zero-order valence-electron chi connectivity index (χ0n) is 14.8. The SMILES string of the molecule is CN(NC1(C)CC1)SOc1ccc2c(Cc3ccc(F)cc3)[nH]nc2c1. The molecule has 2 N–H and O–H groups in total. The molecule has 136 valence electrons. The van der Waals surface area contributed by atoms with Crippen molar-refractivity contribution in [2.75, 3.05) is 7.05 Å². The smallest absolute Gasteiger partial charge is 0.161 e. The standard InChI is InChI=1S/C19H21FN4OS/c1-19(9-10-19)23-24(2)26-25-15-7-8-16-17(21-22-18(16)12-15)11-13-3-5-14(20)6-4-13/h3-8,12,23H,9-11H2,1-2H3,(H,21,22). The van der Waals surface area contributed by atoms with Crippen molar-refractivity contribution in [3.05, 3.63) is 59.5 Å². The maximum atomic E-state index is 13.0. The van der Waals surface area contributed by atoms with Crippen LogP contribution in [0.2, 0.25) is 0 Å². The largest absolute Gasteiger partial charge is 0.409 e. The molecule has 3 aromatic rings. The summed E-state index contributed by atoms with van der Waals surface area (Å²) in [4.78, 5) is 0. The lowest BCUT2D eigenvalue weighted by Gasteiger charge is -2.20. The van der Waals surface area contributed by atoms with Gasteiger partial charge in [0, 0.05) is 36.2 Å². The number of nitrogens with zero attached hydrogens (tertiary/aromatic N) is 2. The average Bonchev–Trinajstić information content (AvgIpc) is 3.22. The lowest BCUT2D eigenvalue weighted by Crippen LogP contribution is -2.38. The zero-order valence-corrected chi connectivity index (χ0v) is 15.6. The van der Waals surface area contributed by atoms with Crippen molar-refractivity contribution in [2.24, 2.45) is 0 Å². The maximum Gasteiger partial charge on any atom is 0.161 e. The molecule has 0 aliphatic heterocycles. The van der Waals surface area contributed by atoms with Crippen LogP contribution in [0.1, 0.15) is 31.0 Å². The van der Waals surface area contributed by atoms with Crippen LogP contribution in [0, 0.1) is 5.82 Å². The molecule has 0 amide bonds. The molecule has 0 saturated heterocycles. The van der Waals surface area contributed by atoms with E-state index < -0.39 is 0 Å². The highest BCUT2D eigenvalue weighted by Crippen LogP contribution is 2.35. The highest BCUT2D eigenvalue weighted by molar-refractivity contribution is 7.92. The molecule has 1 aromatic heterocycles. The van der Waals surface area contributed by atoms with Crippen LogP contribution < -0.4 is 9.61 Å². The van der Waals surface area contributed by atoms with Crippen molar-refractivity contribution in [3.8, 4) is 5.75 Å². The minimum atomic E-state index is -0.224. The lowest BCUT2D eigenvalue weighted by molar-refractivity contribution is 0.325. The third-order valence-electron chi connectivity index (χ3n) is 4.57. The van der Waals surface area contributed by atoms with Gasteiger partial charge >= 0.3 is 0 Å². The Morgan fingerprint density at radius 1 is 1.27 bits per heavy atom. The van der Waals surface area contributed by atoms with E-state index in [1.165, 1.54) is 37.2 Å². The van der Waals surface area contributed by atoms with E-state index >= 15 is 0 Å².